The maximum absolute atomic E-state index is 12.0. The van der Waals surface area contributed by atoms with Crippen LogP contribution in [0.4, 0.5) is 0 Å². The fourth-order valence-electron chi connectivity index (χ4n) is 2.18. The number of esters is 1. The molecule has 7 nitrogen and oxygen atoms in total. The van der Waals surface area contributed by atoms with Gasteiger partial charge >= 0.3 is 5.97 Å². The van der Waals surface area contributed by atoms with Gasteiger partial charge in [-0.1, -0.05) is 26.0 Å². The van der Waals surface area contributed by atoms with Gasteiger partial charge in [-0.2, -0.15) is 0 Å². The predicted molar refractivity (Wildman–Crippen MR) is 100 cm³/mol. The first kappa shape index (κ1) is 20.4. The number of rotatable bonds is 10. The molecular weight excluding hydrogens is 350 g/mol. The van der Waals surface area contributed by atoms with E-state index >= 15 is 0 Å². The Kier molecular flexibility index (Phi) is 7.73. The summed E-state index contributed by atoms with van der Waals surface area (Å²) in [4.78, 5) is 26.8. The Morgan fingerprint density at radius 1 is 1.11 bits per heavy atom. The van der Waals surface area contributed by atoms with Crippen molar-refractivity contribution >= 4 is 5.97 Å². The van der Waals surface area contributed by atoms with Gasteiger partial charge in [0.2, 0.25) is 5.43 Å². The molecule has 0 saturated carbocycles. The molecule has 0 unspecified atom stereocenters. The average molecular weight is 375 g/mol. The van der Waals surface area contributed by atoms with Crippen molar-refractivity contribution in [3.63, 3.8) is 0 Å². The molecular formula is C20H25NO6. The summed E-state index contributed by atoms with van der Waals surface area (Å²) in [6.07, 6.45) is 2.35. The van der Waals surface area contributed by atoms with Gasteiger partial charge in [-0.3, -0.25) is 4.79 Å². The summed E-state index contributed by atoms with van der Waals surface area (Å²) in [5.74, 6) is 1.18. The van der Waals surface area contributed by atoms with Crippen molar-refractivity contribution in [3.05, 3.63) is 52.4 Å². The maximum atomic E-state index is 12.0. The molecule has 0 bridgehead atoms. The van der Waals surface area contributed by atoms with Gasteiger partial charge in [0.15, 0.2) is 23.9 Å². The number of carbonyl (C=O) groups excluding carboxylic acids is 1. The second kappa shape index (κ2) is 10.3. The largest absolute Gasteiger partial charge is 0.493 e. The van der Waals surface area contributed by atoms with Crippen LogP contribution >= 0.6 is 0 Å². The minimum absolute atomic E-state index is 0.0599. The van der Waals surface area contributed by atoms with Crippen molar-refractivity contribution in [2.24, 2.45) is 5.92 Å². The smallest absolute Gasteiger partial charge is 0.344 e. The maximum Gasteiger partial charge on any atom is 0.344 e. The van der Waals surface area contributed by atoms with Gasteiger partial charge in [0.05, 0.1) is 19.4 Å². The number of aromatic nitrogens is 1. The Hall–Kier alpha value is -2.96. The fraction of sp³-hybridized carbons (Fsp3) is 0.400. The van der Waals surface area contributed by atoms with Crippen LogP contribution in [-0.2, 0) is 16.1 Å². The molecule has 1 aromatic carbocycles. The number of ether oxygens (including phenoxy) is 4. The van der Waals surface area contributed by atoms with Crippen LogP contribution < -0.4 is 19.6 Å². The van der Waals surface area contributed by atoms with E-state index in [0.29, 0.717) is 29.7 Å². The molecule has 0 aliphatic rings. The summed E-state index contributed by atoms with van der Waals surface area (Å²) in [5, 5.41) is 0. The third-order valence-corrected chi connectivity index (χ3v) is 3.69. The van der Waals surface area contributed by atoms with Gasteiger partial charge in [0.1, 0.15) is 6.61 Å². The van der Waals surface area contributed by atoms with Crippen LogP contribution in [0.1, 0.15) is 26.0 Å². The van der Waals surface area contributed by atoms with E-state index in [0.717, 1.165) is 6.42 Å². The van der Waals surface area contributed by atoms with Crippen LogP contribution in [-0.4, -0.2) is 31.3 Å². The highest BCUT2D eigenvalue weighted by atomic mass is 16.6. The number of pyridine rings is 1. The molecule has 146 valence electrons. The second-order valence-corrected chi connectivity index (χ2v) is 6.32. The SMILES string of the molecule is COc1ccccc1OCC(=O)OCc1cc(=O)c(OCCC(C)C)c[nH]1. The molecule has 1 aromatic heterocycles. The van der Waals surface area contributed by atoms with Crippen molar-refractivity contribution < 1.29 is 23.7 Å². The first-order chi connectivity index (χ1) is 13.0. The Bertz CT molecular complexity index is 799. The molecule has 0 atom stereocenters. The summed E-state index contributed by atoms with van der Waals surface area (Å²) in [5.41, 5.74) is 0.218. The molecule has 2 aromatic rings. The number of para-hydroxylation sites is 2. The van der Waals surface area contributed by atoms with Gasteiger partial charge in [-0.25, -0.2) is 4.79 Å². The summed E-state index contributed by atoms with van der Waals surface area (Å²) >= 11 is 0. The van der Waals surface area contributed by atoms with Crippen molar-refractivity contribution in [2.75, 3.05) is 20.3 Å². The topological polar surface area (TPSA) is 86.8 Å². The lowest BCUT2D eigenvalue weighted by Gasteiger charge is -2.10. The second-order valence-electron chi connectivity index (χ2n) is 6.32. The predicted octanol–water partition coefficient (Wildman–Crippen LogP) is 2.93. The number of carbonyl (C=O) groups is 1. The van der Waals surface area contributed by atoms with Gasteiger partial charge < -0.3 is 23.9 Å². The number of hydrogen-bond acceptors (Lipinski definition) is 6. The molecule has 0 aliphatic heterocycles. The highest BCUT2D eigenvalue weighted by Gasteiger charge is 2.09. The third-order valence-electron chi connectivity index (χ3n) is 3.69. The molecule has 1 heterocycles. The summed E-state index contributed by atoms with van der Waals surface area (Å²) in [7, 11) is 1.52. The van der Waals surface area contributed by atoms with Crippen LogP contribution in [0.15, 0.2) is 41.3 Å². The zero-order chi connectivity index (χ0) is 19.6. The fourth-order valence-corrected chi connectivity index (χ4v) is 2.18. The first-order valence-corrected chi connectivity index (χ1v) is 8.75. The molecule has 0 amide bonds. The number of aromatic amines is 1. The highest BCUT2D eigenvalue weighted by molar-refractivity contribution is 5.71. The minimum atomic E-state index is -0.556. The highest BCUT2D eigenvalue weighted by Crippen LogP contribution is 2.25. The zero-order valence-electron chi connectivity index (χ0n) is 15.8. The van der Waals surface area contributed by atoms with Crippen molar-refractivity contribution in [1.29, 1.82) is 0 Å². The number of methoxy groups -OCH3 is 1. The zero-order valence-corrected chi connectivity index (χ0v) is 15.8. The molecule has 7 heteroatoms. The lowest BCUT2D eigenvalue weighted by molar-refractivity contribution is -0.147. The van der Waals surface area contributed by atoms with Crippen LogP contribution in [0.2, 0.25) is 0 Å². The van der Waals surface area contributed by atoms with E-state index in [1.54, 1.807) is 24.3 Å². The van der Waals surface area contributed by atoms with Gasteiger partial charge in [-0.15, -0.1) is 0 Å². The first-order valence-electron chi connectivity index (χ1n) is 8.75. The number of nitrogens with one attached hydrogen (secondary N) is 1. The lowest BCUT2D eigenvalue weighted by Crippen LogP contribution is -2.16. The van der Waals surface area contributed by atoms with E-state index in [-0.39, 0.29) is 24.4 Å². The van der Waals surface area contributed by atoms with Gasteiger partial charge in [0.25, 0.3) is 0 Å². The van der Waals surface area contributed by atoms with Gasteiger partial charge in [0, 0.05) is 12.3 Å². The van der Waals surface area contributed by atoms with E-state index in [1.807, 2.05) is 0 Å². The van der Waals surface area contributed by atoms with Gasteiger partial charge in [-0.05, 0) is 24.5 Å². The summed E-state index contributed by atoms with van der Waals surface area (Å²) in [6, 6.07) is 8.37. The van der Waals surface area contributed by atoms with Crippen molar-refractivity contribution in [3.8, 4) is 17.2 Å². The normalized spacial score (nSPS) is 10.5. The molecule has 0 fully saturated rings. The standard InChI is InChI=1S/C20H25NO6/c1-14(2)8-9-25-19-11-21-15(10-16(19)22)12-27-20(23)13-26-18-7-5-4-6-17(18)24-3/h4-7,10-11,14H,8-9,12-13H2,1-3H3,(H,21,22). The average Bonchev–Trinajstić information content (AvgIpc) is 2.66. The van der Waals surface area contributed by atoms with E-state index in [1.165, 1.54) is 19.4 Å². The molecule has 0 aliphatic carbocycles. The van der Waals surface area contributed by atoms with Crippen LogP contribution in [0.25, 0.3) is 0 Å². The van der Waals surface area contributed by atoms with Crippen LogP contribution in [0, 0.1) is 5.92 Å². The third kappa shape index (κ3) is 6.69. The number of H-pyrrole nitrogens is 1. The van der Waals surface area contributed by atoms with E-state index in [9.17, 15) is 9.59 Å². The quantitative estimate of drug-likeness (QED) is 0.643. The Morgan fingerprint density at radius 3 is 2.52 bits per heavy atom. The molecule has 27 heavy (non-hydrogen) atoms. The Morgan fingerprint density at radius 2 is 1.85 bits per heavy atom. The molecule has 2 rings (SSSR count). The summed E-state index contributed by atoms with van der Waals surface area (Å²) < 4.78 is 21.1. The Labute approximate surface area is 158 Å². The van der Waals surface area contributed by atoms with E-state index in [4.69, 9.17) is 18.9 Å². The molecule has 0 radical (unpaired) electrons. The van der Waals surface area contributed by atoms with Crippen LogP contribution in [0.5, 0.6) is 17.2 Å². The Balaban J connectivity index is 1.81. The molecule has 0 spiro atoms. The monoisotopic (exact) mass is 375 g/mol. The molecule has 1 N–H and O–H groups in total. The van der Waals surface area contributed by atoms with Crippen LogP contribution in [0.3, 0.4) is 0 Å². The number of hydrogen-bond donors (Lipinski definition) is 1. The van der Waals surface area contributed by atoms with E-state index in [2.05, 4.69) is 18.8 Å². The molecule has 0 saturated heterocycles. The van der Waals surface area contributed by atoms with Crippen molar-refractivity contribution in [2.45, 2.75) is 26.9 Å². The minimum Gasteiger partial charge on any atom is -0.493 e. The number of benzene rings is 1. The summed E-state index contributed by atoms with van der Waals surface area (Å²) in [6.45, 7) is 4.33. The van der Waals surface area contributed by atoms with Crippen molar-refractivity contribution in [1.82, 2.24) is 4.98 Å². The van der Waals surface area contributed by atoms with E-state index < -0.39 is 5.97 Å². The lowest BCUT2D eigenvalue weighted by atomic mass is 10.1.